The molecule has 1 fully saturated rings. The Morgan fingerprint density at radius 2 is 1.86 bits per heavy atom. The van der Waals surface area contributed by atoms with E-state index in [2.05, 4.69) is 5.32 Å². The van der Waals surface area contributed by atoms with Gasteiger partial charge in [0.2, 0.25) is 6.79 Å². The summed E-state index contributed by atoms with van der Waals surface area (Å²) in [5, 5.41) is 2.84. The molecular weight excluding hydrogens is 360 g/mol. The van der Waals surface area contributed by atoms with E-state index in [1.165, 1.54) is 0 Å². The molecule has 0 spiro atoms. The molecule has 7 nitrogen and oxygen atoms in total. The van der Waals surface area contributed by atoms with E-state index in [1.54, 1.807) is 42.5 Å². The predicted octanol–water partition coefficient (Wildman–Crippen LogP) is 2.92. The number of nitrogens with one attached hydrogen (secondary N) is 1. The highest BCUT2D eigenvalue weighted by Gasteiger charge is 2.34. The number of hydrogen-bond donors (Lipinski definition) is 1. The maximum Gasteiger partial charge on any atom is 0.255 e. The van der Waals surface area contributed by atoms with Crippen LogP contribution >= 0.6 is 0 Å². The first-order valence-electron chi connectivity index (χ1n) is 9.15. The van der Waals surface area contributed by atoms with E-state index in [1.807, 2.05) is 18.7 Å². The molecule has 7 heteroatoms. The summed E-state index contributed by atoms with van der Waals surface area (Å²) >= 11 is 0. The minimum Gasteiger partial charge on any atom is -0.454 e. The Morgan fingerprint density at radius 1 is 1.04 bits per heavy atom. The smallest absolute Gasteiger partial charge is 0.255 e. The van der Waals surface area contributed by atoms with E-state index < -0.39 is 0 Å². The van der Waals surface area contributed by atoms with Gasteiger partial charge < -0.3 is 24.4 Å². The van der Waals surface area contributed by atoms with E-state index in [4.69, 9.17) is 14.2 Å². The van der Waals surface area contributed by atoms with Crippen LogP contribution in [0.2, 0.25) is 0 Å². The van der Waals surface area contributed by atoms with Crippen LogP contribution in [0, 0.1) is 0 Å². The fourth-order valence-electron chi connectivity index (χ4n) is 3.36. The number of morpholine rings is 1. The SMILES string of the molecule is CC1(C)COCCN1C(=O)c1cccc(NC(=O)c2ccc3c(c2)OCO3)c1. The highest BCUT2D eigenvalue weighted by atomic mass is 16.7. The van der Waals surface area contributed by atoms with Crippen molar-refractivity contribution in [1.82, 2.24) is 4.90 Å². The number of carbonyl (C=O) groups is 2. The van der Waals surface area contributed by atoms with Gasteiger partial charge in [0.15, 0.2) is 11.5 Å². The summed E-state index contributed by atoms with van der Waals surface area (Å²) in [6.07, 6.45) is 0. The Labute approximate surface area is 163 Å². The Morgan fingerprint density at radius 3 is 2.68 bits per heavy atom. The van der Waals surface area contributed by atoms with Crippen molar-refractivity contribution in [3.63, 3.8) is 0 Å². The summed E-state index contributed by atoms with van der Waals surface area (Å²) in [6.45, 7) is 5.68. The summed E-state index contributed by atoms with van der Waals surface area (Å²) in [7, 11) is 0. The Balaban J connectivity index is 1.51. The molecule has 2 aliphatic rings. The quantitative estimate of drug-likeness (QED) is 0.883. The van der Waals surface area contributed by atoms with Crippen LogP contribution in [0.5, 0.6) is 11.5 Å². The lowest BCUT2D eigenvalue weighted by Gasteiger charge is -2.42. The normalized spacial score (nSPS) is 17.3. The maximum absolute atomic E-state index is 13.0. The fourth-order valence-corrected chi connectivity index (χ4v) is 3.36. The molecule has 0 radical (unpaired) electrons. The molecule has 0 aromatic heterocycles. The van der Waals surface area contributed by atoms with Crippen LogP contribution in [0.25, 0.3) is 0 Å². The van der Waals surface area contributed by atoms with E-state index in [0.29, 0.717) is 48.1 Å². The number of anilines is 1. The lowest BCUT2D eigenvalue weighted by atomic mass is 10.0. The van der Waals surface area contributed by atoms with Gasteiger partial charge in [-0.1, -0.05) is 6.07 Å². The monoisotopic (exact) mass is 382 g/mol. The molecule has 2 amide bonds. The molecule has 146 valence electrons. The molecule has 0 bridgehead atoms. The van der Waals surface area contributed by atoms with Crippen LogP contribution in [0.4, 0.5) is 5.69 Å². The Hall–Kier alpha value is -3.06. The first-order valence-corrected chi connectivity index (χ1v) is 9.15. The molecule has 28 heavy (non-hydrogen) atoms. The molecule has 1 N–H and O–H groups in total. The second-order valence-electron chi connectivity index (χ2n) is 7.42. The first kappa shape index (κ1) is 18.3. The van der Waals surface area contributed by atoms with Gasteiger partial charge in [0.05, 0.1) is 18.8 Å². The van der Waals surface area contributed by atoms with Gasteiger partial charge in [-0.25, -0.2) is 0 Å². The Bertz CT molecular complexity index is 925. The van der Waals surface area contributed by atoms with Crippen molar-refractivity contribution in [3.05, 3.63) is 53.6 Å². The fraction of sp³-hybridized carbons (Fsp3) is 0.333. The molecule has 2 aromatic carbocycles. The van der Waals surface area contributed by atoms with Crippen molar-refractivity contribution in [2.75, 3.05) is 31.9 Å². The van der Waals surface area contributed by atoms with Crippen LogP contribution in [0.1, 0.15) is 34.6 Å². The highest BCUT2D eigenvalue weighted by molar-refractivity contribution is 6.05. The molecule has 0 atom stereocenters. The van der Waals surface area contributed by atoms with Crippen molar-refractivity contribution < 1.29 is 23.8 Å². The predicted molar refractivity (Wildman–Crippen MR) is 103 cm³/mol. The summed E-state index contributed by atoms with van der Waals surface area (Å²) in [6, 6.07) is 12.0. The van der Waals surface area contributed by atoms with Gasteiger partial charge in [-0.3, -0.25) is 9.59 Å². The molecular formula is C21H22N2O5. The first-order chi connectivity index (χ1) is 13.4. The van der Waals surface area contributed by atoms with E-state index in [9.17, 15) is 9.59 Å². The molecule has 2 aromatic rings. The number of carbonyl (C=O) groups excluding carboxylic acids is 2. The van der Waals surface area contributed by atoms with Gasteiger partial charge in [0.25, 0.3) is 11.8 Å². The average Bonchev–Trinajstić information content (AvgIpc) is 3.15. The number of benzene rings is 2. The third-order valence-electron chi connectivity index (χ3n) is 4.89. The average molecular weight is 382 g/mol. The maximum atomic E-state index is 13.0. The molecule has 4 rings (SSSR count). The number of fused-ring (bicyclic) bond motifs is 1. The van der Waals surface area contributed by atoms with Gasteiger partial charge in [0.1, 0.15) is 0 Å². The lowest BCUT2D eigenvalue weighted by Crippen LogP contribution is -2.55. The van der Waals surface area contributed by atoms with Gasteiger partial charge in [-0.05, 0) is 50.2 Å². The van der Waals surface area contributed by atoms with Crippen LogP contribution in [-0.4, -0.2) is 48.8 Å². The zero-order chi connectivity index (χ0) is 19.7. The summed E-state index contributed by atoms with van der Waals surface area (Å²) < 4.78 is 16.1. The summed E-state index contributed by atoms with van der Waals surface area (Å²) in [5.41, 5.74) is 1.16. The van der Waals surface area contributed by atoms with Crippen molar-refractivity contribution in [2.45, 2.75) is 19.4 Å². The highest BCUT2D eigenvalue weighted by Crippen LogP contribution is 2.32. The molecule has 0 saturated carbocycles. The molecule has 1 saturated heterocycles. The molecule has 0 unspecified atom stereocenters. The van der Waals surface area contributed by atoms with E-state index in [-0.39, 0.29) is 24.1 Å². The van der Waals surface area contributed by atoms with Crippen molar-refractivity contribution in [1.29, 1.82) is 0 Å². The largest absolute Gasteiger partial charge is 0.454 e. The topological polar surface area (TPSA) is 77.1 Å². The van der Waals surface area contributed by atoms with Gasteiger partial charge >= 0.3 is 0 Å². The number of ether oxygens (including phenoxy) is 3. The van der Waals surface area contributed by atoms with Crippen molar-refractivity contribution in [2.24, 2.45) is 0 Å². The van der Waals surface area contributed by atoms with Gasteiger partial charge in [-0.2, -0.15) is 0 Å². The third kappa shape index (κ3) is 3.53. The molecule has 2 aliphatic heterocycles. The van der Waals surface area contributed by atoms with Crippen LogP contribution in [0.3, 0.4) is 0 Å². The van der Waals surface area contributed by atoms with E-state index in [0.717, 1.165) is 0 Å². The number of nitrogens with zero attached hydrogens (tertiary/aromatic N) is 1. The van der Waals surface area contributed by atoms with E-state index >= 15 is 0 Å². The number of hydrogen-bond acceptors (Lipinski definition) is 5. The number of rotatable bonds is 3. The second kappa shape index (κ2) is 7.16. The number of amides is 2. The minimum absolute atomic E-state index is 0.0764. The van der Waals surface area contributed by atoms with Crippen LogP contribution < -0.4 is 14.8 Å². The van der Waals surface area contributed by atoms with Gasteiger partial charge in [0, 0.05) is 23.4 Å². The van der Waals surface area contributed by atoms with Gasteiger partial charge in [-0.15, -0.1) is 0 Å². The van der Waals surface area contributed by atoms with Crippen LogP contribution in [-0.2, 0) is 4.74 Å². The lowest BCUT2D eigenvalue weighted by molar-refractivity contribution is -0.0370. The van der Waals surface area contributed by atoms with Crippen LogP contribution in [0.15, 0.2) is 42.5 Å². The summed E-state index contributed by atoms with van der Waals surface area (Å²) in [5.74, 6) is 0.811. The standard InChI is InChI=1S/C21H22N2O5/c1-21(2)12-26-9-8-23(21)20(25)15-4-3-5-16(10-15)22-19(24)14-6-7-17-18(11-14)28-13-27-17/h3-7,10-11H,8-9,12-13H2,1-2H3,(H,22,24). The molecule has 2 heterocycles. The van der Waals surface area contributed by atoms with Crippen molar-refractivity contribution in [3.8, 4) is 11.5 Å². The third-order valence-corrected chi connectivity index (χ3v) is 4.89. The van der Waals surface area contributed by atoms with Crippen molar-refractivity contribution >= 4 is 17.5 Å². The minimum atomic E-state index is -0.374. The Kier molecular flexibility index (Phi) is 4.68. The second-order valence-corrected chi connectivity index (χ2v) is 7.42. The zero-order valence-electron chi connectivity index (χ0n) is 15.9. The zero-order valence-corrected chi connectivity index (χ0v) is 15.9. The molecule has 0 aliphatic carbocycles. The summed E-state index contributed by atoms with van der Waals surface area (Å²) in [4.78, 5) is 27.4.